The molecular formula is C21H19F3N4O. The number of nitrogens with zero attached hydrogens (tertiary/aromatic N) is 3. The van der Waals surface area contributed by atoms with Crippen molar-refractivity contribution in [1.29, 1.82) is 0 Å². The van der Waals surface area contributed by atoms with Crippen molar-refractivity contribution in [2.75, 3.05) is 5.32 Å². The fourth-order valence-corrected chi connectivity index (χ4v) is 3.70. The van der Waals surface area contributed by atoms with Crippen LogP contribution in [0, 0.1) is 0 Å². The molecule has 0 bridgehead atoms. The summed E-state index contributed by atoms with van der Waals surface area (Å²) in [7, 11) is 0. The smallest absolute Gasteiger partial charge is 0.322 e. The standard InChI is InChI=1S/C21H19F3N4O/c22-21(23,24)19-17-7-3-4-8-18(17)28(27-19)13-14-5-1-2-6-16(14)20(29)26-15-9-11-25-12-10-15/h1-2,5-6,9-12H,3-4,7-8,13H2,(H,25,26,29). The van der Waals surface area contributed by atoms with Crippen LogP contribution in [0.15, 0.2) is 48.8 Å². The van der Waals surface area contributed by atoms with Gasteiger partial charge in [-0.15, -0.1) is 0 Å². The van der Waals surface area contributed by atoms with Gasteiger partial charge in [0.15, 0.2) is 5.69 Å². The largest absolute Gasteiger partial charge is 0.435 e. The highest BCUT2D eigenvalue weighted by Gasteiger charge is 2.39. The van der Waals surface area contributed by atoms with Gasteiger partial charge in [0.2, 0.25) is 0 Å². The van der Waals surface area contributed by atoms with E-state index in [9.17, 15) is 18.0 Å². The predicted octanol–water partition coefficient (Wildman–Crippen LogP) is 4.48. The Morgan fingerprint density at radius 1 is 1.07 bits per heavy atom. The molecule has 5 nitrogen and oxygen atoms in total. The lowest BCUT2D eigenvalue weighted by Gasteiger charge is -2.16. The van der Waals surface area contributed by atoms with Gasteiger partial charge in [-0.2, -0.15) is 18.3 Å². The zero-order valence-electron chi connectivity index (χ0n) is 15.5. The van der Waals surface area contributed by atoms with Crippen LogP contribution in [0.5, 0.6) is 0 Å². The lowest BCUT2D eigenvalue weighted by molar-refractivity contribution is -0.142. The van der Waals surface area contributed by atoms with Crippen LogP contribution >= 0.6 is 0 Å². The van der Waals surface area contributed by atoms with Gasteiger partial charge < -0.3 is 5.32 Å². The highest BCUT2D eigenvalue weighted by Crippen LogP contribution is 2.36. The molecule has 3 aromatic rings. The minimum atomic E-state index is -4.48. The second-order valence-corrected chi connectivity index (χ2v) is 6.98. The Bertz CT molecular complexity index is 1030. The Labute approximate surface area is 165 Å². The van der Waals surface area contributed by atoms with Crippen molar-refractivity contribution in [3.63, 3.8) is 0 Å². The van der Waals surface area contributed by atoms with Crippen LogP contribution in [0.3, 0.4) is 0 Å². The van der Waals surface area contributed by atoms with E-state index in [0.717, 1.165) is 12.8 Å². The number of hydrogen-bond acceptors (Lipinski definition) is 3. The van der Waals surface area contributed by atoms with Crippen LogP contribution in [-0.4, -0.2) is 20.7 Å². The fraction of sp³-hybridized carbons (Fsp3) is 0.286. The molecular weight excluding hydrogens is 381 g/mol. The summed E-state index contributed by atoms with van der Waals surface area (Å²) < 4.78 is 41.7. The molecule has 0 spiro atoms. The second kappa shape index (κ2) is 7.69. The lowest BCUT2D eigenvalue weighted by atomic mass is 9.95. The van der Waals surface area contributed by atoms with Crippen LogP contribution < -0.4 is 5.32 Å². The van der Waals surface area contributed by atoms with Crippen molar-refractivity contribution in [3.05, 3.63) is 76.9 Å². The predicted molar refractivity (Wildman–Crippen MR) is 102 cm³/mol. The third-order valence-electron chi connectivity index (χ3n) is 5.05. The number of aromatic nitrogens is 3. The molecule has 8 heteroatoms. The number of benzene rings is 1. The average molecular weight is 400 g/mol. The molecule has 1 N–H and O–H groups in total. The molecule has 1 aromatic carbocycles. The van der Waals surface area contributed by atoms with E-state index in [-0.39, 0.29) is 12.5 Å². The van der Waals surface area contributed by atoms with Crippen LogP contribution in [0.1, 0.15) is 45.7 Å². The van der Waals surface area contributed by atoms with Crippen molar-refractivity contribution in [2.24, 2.45) is 0 Å². The number of alkyl halides is 3. The fourth-order valence-electron chi connectivity index (χ4n) is 3.70. The molecule has 1 aliphatic rings. The number of nitrogens with one attached hydrogen (secondary N) is 1. The Morgan fingerprint density at radius 3 is 2.55 bits per heavy atom. The first-order valence-corrected chi connectivity index (χ1v) is 9.38. The maximum absolute atomic E-state index is 13.4. The molecule has 2 aromatic heterocycles. The second-order valence-electron chi connectivity index (χ2n) is 6.98. The number of pyridine rings is 1. The molecule has 2 heterocycles. The van der Waals surface area contributed by atoms with Crippen molar-refractivity contribution in [2.45, 2.75) is 38.4 Å². The van der Waals surface area contributed by atoms with Gasteiger partial charge in [0.1, 0.15) is 0 Å². The highest BCUT2D eigenvalue weighted by molar-refractivity contribution is 6.05. The van der Waals surface area contributed by atoms with Crippen molar-refractivity contribution in [3.8, 4) is 0 Å². The van der Waals surface area contributed by atoms with E-state index in [2.05, 4.69) is 15.4 Å². The number of rotatable bonds is 4. The molecule has 0 radical (unpaired) electrons. The molecule has 0 atom stereocenters. The molecule has 0 aliphatic heterocycles. The summed E-state index contributed by atoms with van der Waals surface area (Å²) >= 11 is 0. The van der Waals surface area contributed by atoms with Gasteiger partial charge in [0, 0.05) is 34.9 Å². The van der Waals surface area contributed by atoms with Crippen LogP contribution in [0.25, 0.3) is 0 Å². The summed E-state index contributed by atoms with van der Waals surface area (Å²) in [6, 6.07) is 10.2. The number of anilines is 1. The Hall–Kier alpha value is -3.16. The minimum Gasteiger partial charge on any atom is -0.322 e. The molecule has 0 unspecified atom stereocenters. The number of carbonyl (C=O) groups excluding carboxylic acids is 1. The van der Waals surface area contributed by atoms with Crippen LogP contribution in [0.4, 0.5) is 18.9 Å². The number of fused-ring (bicyclic) bond motifs is 1. The summed E-state index contributed by atoms with van der Waals surface area (Å²) in [4.78, 5) is 16.6. The maximum Gasteiger partial charge on any atom is 0.435 e. The Morgan fingerprint density at radius 2 is 1.79 bits per heavy atom. The van der Waals surface area contributed by atoms with Gasteiger partial charge in [0.25, 0.3) is 5.91 Å². The number of carbonyl (C=O) groups is 1. The number of halogens is 3. The van der Waals surface area contributed by atoms with Crippen LogP contribution in [0.2, 0.25) is 0 Å². The van der Waals surface area contributed by atoms with Gasteiger partial charge >= 0.3 is 6.18 Å². The van der Waals surface area contributed by atoms with E-state index in [1.54, 1.807) is 48.8 Å². The normalized spacial score (nSPS) is 13.8. The average Bonchev–Trinajstić information content (AvgIpc) is 3.08. The van der Waals surface area contributed by atoms with Gasteiger partial charge in [-0.25, -0.2) is 0 Å². The van der Waals surface area contributed by atoms with Crippen molar-refractivity contribution >= 4 is 11.6 Å². The summed E-state index contributed by atoms with van der Waals surface area (Å²) in [5.41, 5.74) is 1.72. The quantitative estimate of drug-likeness (QED) is 0.703. The molecule has 4 rings (SSSR count). The van der Waals surface area contributed by atoms with Gasteiger partial charge in [-0.3, -0.25) is 14.5 Å². The number of hydrogen-bond donors (Lipinski definition) is 1. The summed E-state index contributed by atoms with van der Waals surface area (Å²) in [6.07, 6.45) is 1.16. The third kappa shape index (κ3) is 4.01. The molecule has 29 heavy (non-hydrogen) atoms. The lowest BCUT2D eigenvalue weighted by Crippen LogP contribution is -2.17. The Balaban J connectivity index is 1.66. The highest BCUT2D eigenvalue weighted by atomic mass is 19.4. The van der Waals surface area contributed by atoms with E-state index in [0.29, 0.717) is 40.9 Å². The van der Waals surface area contributed by atoms with Gasteiger partial charge in [-0.05, 0) is 49.4 Å². The van der Waals surface area contributed by atoms with E-state index in [4.69, 9.17) is 0 Å². The molecule has 0 saturated carbocycles. The molecule has 1 amide bonds. The molecule has 0 fully saturated rings. The van der Waals surface area contributed by atoms with Gasteiger partial charge in [0.05, 0.1) is 6.54 Å². The van der Waals surface area contributed by atoms with Gasteiger partial charge in [-0.1, -0.05) is 18.2 Å². The SMILES string of the molecule is O=C(Nc1ccncc1)c1ccccc1Cn1nc(C(F)(F)F)c2c1CCCC2. The van der Waals surface area contributed by atoms with E-state index in [1.165, 1.54) is 4.68 Å². The van der Waals surface area contributed by atoms with E-state index in [1.807, 2.05) is 0 Å². The third-order valence-corrected chi connectivity index (χ3v) is 5.05. The molecule has 0 saturated heterocycles. The summed E-state index contributed by atoms with van der Waals surface area (Å²) in [6.45, 7) is 0.109. The van der Waals surface area contributed by atoms with Crippen molar-refractivity contribution < 1.29 is 18.0 Å². The minimum absolute atomic E-state index is 0.109. The first-order chi connectivity index (χ1) is 13.9. The maximum atomic E-state index is 13.4. The summed E-state index contributed by atoms with van der Waals surface area (Å²) in [5, 5.41) is 6.68. The van der Waals surface area contributed by atoms with E-state index < -0.39 is 11.9 Å². The Kier molecular flexibility index (Phi) is 5.08. The van der Waals surface area contributed by atoms with E-state index >= 15 is 0 Å². The first-order valence-electron chi connectivity index (χ1n) is 9.38. The topological polar surface area (TPSA) is 59.8 Å². The van der Waals surface area contributed by atoms with Crippen molar-refractivity contribution in [1.82, 2.24) is 14.8 Å². The first kappa shape index (κ1) is 19.2. The zero-order valence-corrected chi connectivity index (χ0v) is 15.5. The number of amides is 1. The monoisotopic (exact) mass is 400 g/mol. The molecule has 1 aliphatic carbocycles. The summed E-state index contributed by atoms with van der Waals surface area (Å²) in [5.74, 6) is -0.330. The van der Waals surface area contributed by atoms with Crippen LogP contribution in [-0.2, 0) is 25.6 Å². The zero-order chi connectivity index (χ0) is 20.4. The molecule has 150 valence electrons.